The number of urea groups is 1. The molecule has 0 atom stereocenters. The van der Waals surface area contributed by atoms with Gasteiger partial charge in [0.15, 0.2) is 0 Å². The topological polar surface area (TPSA) is 95.5 Å². The lowest BCUT2D eigenvalue weighted by Crippen LogP contribution is -2.28. The van der Waals surface area contributed by atoms with Crippen LogP contribution in [0.2, 0.25) is 0 Å². The van der Waals surface area contributed by atoms with Crippen LogP contribution >= 0.6 is 0 Å². The van der Waals surface area contributed by atoms with Gasteiger partial charge in [-0.2, -0.15) is 8.42 Å². The molecule has 2 rings (SSSR count). The molecular formula is C15H16N2O4S. The third-order valence-corrected chi connectivity index (χ3v) is 3.85. The molecule has 0 aliphatic heterocycles. The number of hydrogen-bond donors (Lipinski definition) is 3. The Labute approximate surface area is 128 Å². The van der Waals surface area contributed by atoms with E-state index in [1.54, 1.807) is 0 Å². The van der Waals surface area contributed by atoms with Gasteiger partial charge in [0.25, 0.3) is 10.1 Å². The molecule has 0 saturated carbocycles. The average molecular weight is 320 g/mol. The van der Waals surface area contributed by atoms with Crippen LogP contribution in [0.1, 0.15) is 11.1 Å². The van der Waals surface area contributed by atoms with Gasteiger partial charge in [-0.1, -0.05) is 29.8 Å². The quantitative estimate of drug-likeness (QED) is 0.754. The van der Waals surface area contributed by atoms with Gasteiger partial charge in [0.2, 0.25) is 0 Å². The van der Waals surface area contributed by atoms with Crippen molar-refractivity contribution in [2.45, 2.75) is 18.4 Å². The van der Waals surface area contributed by atoms with Gasteiger partial charge in [-0.05, 0) is 36.8 Å². The van der Waals surface area contributed by atoms with E-state index in [4.69, 9.17) is 4.55 Å². The number of carbonyl (C=O) groups is 1. The maximum absolute atomic E-state index is 11.7. The predicted octanol–water partition coefficient (Wildman–Crippen LogP) is 2.56. The summed E-state index contributed by atoms with van der Waals surface area (Å²) in [4.78, 5) is 11.5. The van der Waals surface area contributed by atoms with Crippen molar-refractivity contribution in [3.05, 3.63) is 59.7 Å². The molecule has 0 radical (unpaired) electrons. The molecule has 0 saturated heterocycles. The van der Waals surface area contributed by atoms with E-state index in [0.29, 0.717) is 12.2 Å². The summed E-state index contributed by atoms with van der Waals surface area (Å²) in [6.07, 6.45) is 0. The summed E-state index contributed by atoms with van der Waals surface area (Å²) in [5.41, 5.74) is 2.54. The zero-order valence-corrected chi connectivity index (χ0v) is 12.7. The van der Waals surface area contributed by atoms with Crippen molar-refractivity contribution < 1.29 is 17.8 Å². The lowest BCUT2D eigenvalue weighted by Gasteiger charge is -2.08. The number of rotatable bonds is 4. The van der Waals surface area contributed by atoms with Gasteiger partial charge in [-0.3, -0.25) is 4.55 Å². The Morgan fingerprint density at radius 3 is 2.18 bits per heavy atom. The third kappa shape index (κ3) is 4.57. The maximum Gasteiger partial charge on any atom is 0.319 e. The van der Waals surface area contributed by atoms with Crippen LogP contribution in [-0.2, 0) is 16.7 Å². The number of hydrogen-bond acceptors (Lipinski definition) is 3. The van der Waals surface area contributed by atoms with Crippen LogP contribution in [-0.4, -0.2) is 19.0 Å². The molecule has 0 aromatic heterocycles. The number of benzene rings is 2. The molecule has 0 bridgehead atoms. The highest BCUT2D eigenvalue weighted by atomic mass is 32.2. The number of carbonyl (C=O) groups excluding carboxylic acids is 1. The molecule has 0 spiro atoms. The molecule has 0 aliphatic rings. The number of aryl methyl sites for hydroxylation is 1. The van der Waals surface area contributed by atoms with Crippen LogP contribution in [0.5, 0.6) is 0 Å². The van der Waals surface area contributed by atoms with E-state index in [0.717, 1.165) is 11.1 Å². The third-order valence-electron chi connectivity index (χ3n) is 2.98. The minimum atomic E-state index is -4.23. The van der Waals surface area contributed by atoms with Crippen molar-refractivity contribution in [3.8, 4) is 0 Å². The van der Waals surface area contributed by atoms with E-state index in [-0.39, 0.29) is 4.90 Å². The first-order valence-electron chi connectivity index (χ1n) is 6.52. The molecule has 3 N–H and O–H groups in total. The summed E-state index contributed by atoms with van der Waals surface area (Å²) in [6.45, 7) is 2.37. The maximum atomic E-state index is 11.7. The lowest BCUT2D eigenvalue weighted by molar-refractivity contribution is 0.251. The summed E-state index contributed by atoms with van der Waals surface area (Å²) in [6, 6.07) is 12.6. The zero-order valence-electron chi connectivity index (χ0n) is 11.9. The normalized spacial score (nSPS) is 11.0. The van der Waals surface area contributed by atoms with Gasteiger partial charge in [-0.25, -0.2) is 4.79 Å². The second-order valence-corrected chi connectivity index (χ2v) is 6.21. The van der Waals surface area contributed by atoms with Gasteiger partial charge >= 0.3 is 6.03 Å². The van der Waals surface area contributed by atoms with Crippen molar-refractivity contribution in [1.29, 1.82) is 0 Å². The molecule has 2 aromatic carbocycles. The van der Waals surface area contributed by atoms with Gasteiger partial charge < -0.3 is 10.6 Å². The van der Waals surface area contributed by atoms with E-state index in [2.05, 4.69) is 10.6 Å². The second-order valence-electron chi connectivity index (χ2n) is 4.79. The first kappa shape index (κ1) is 16.0. The number of amides is 2. The molecule has 0 unspecified atom stereocenters. The summed E-state index contributed by atoms with van der Waals surface area (Å²) < 4.78 is 30.7. The van der Waals surface area contributed by atoms with Gasteiger partial charge in [-0.15, -0.1) is 0 Å². The molecule has 6 nitrogen and oxygen atoms in total. The largest absolute Gasteiger partial charge is 0.334 e. The highest BCUT2D eigenvalue weighted by Crippen LogP contribution is 2.13. The number of nitrogens with one attached hydrogen (secondary N) is 2. The van der Waals surface area contributed by atoms with Gasteiger partial charge in [0, 0.05) is 12.2 Å². The standard InChI is InChI=1S/C15H16N2O4S/c1-11-2-4-12(5-3-11)10-16-15(18)17-13-6-8-14(9-7-13)22(19,20)21/h2-9H,10H2,1H3,(H2,16,17,18)(H,19,20,21). The first-order chi connectivity index (χ1) is 10.3. The second kappa shape index (κ2) is 6.59. The van der Waals surface area contributed by atoms with E-state index in [1.165, 1.54) is 24.3 Å². The molecule has 0 fully saturated rings. The average Bonchev–Trinajstić information content (AvgIpc) is 2.46. The summed E-state index contributed by atoms with van der Waals surface area (Å²) in [5, 5.41) is 5.27. The highest BCUT2D eigenvalue weighted by molar-refractivity contribution is 7.85. The molecule has 0 aliphatic carbocycles. The predicted molar refractivity (Wildman–Crippen MR) is 83.3 cm³/mol. The Balaban J connectivity index is 1.90. The van der Waals surface area contributed by atoms with Crippen LogP contribution in [0, 0.1) is 6.92 Å². The van der Waals surface area contributed by atoms with Crippen molar-refractivity contribution in [3.63, 3.8) is 0 Å². The van der Waals surface area contributed by atoms with Crippen LogP contribution in [0.15, 0.2) is 53.4 Å². The fourth-order valence-electron chi connectivity index (χ4n) is 1.77. The molecule has 2 aromatic rings. The molecule has 0 heterocycles. The van der Waals surface area contributed by atoms with Crippen molar-refractivity contribution in [2.24, 2.45) is 0 Å². The fourth-order valence-corrected chi connectivity index (χ4v) is 2.25. The van der Waals surface area contributed by atoms with Crippen LogP contribution in [0.3, 0.4) is 0 Å². The first-order valence-corrected chi connectivity index (χ1v) is 7.96. The van der Waals surface area contributed by atoms with Crippen molar-refractivity contribution in [2.75, 3.05) is 5.32 Å². The number of anilines is 1. The lowest BCUT2D eigenvalue weighted by atomic mass is 10.1. The smallest absolute Gasteiger partial charge is 0.319 e. The Hall–Kier alpha value is -2.38. The minimum absolute atomic E-state index is 0.224. The minimum Gasteiger partial charge on any atom is -0.334 e. The summed E-state index contributed by atoms with van der Waals surface area (Å²) >= 11 is 0. The molecule has 22 heavy (non-hydrogen) atoms. The highest BCUT2D eigenvalue weighted by Gasteiger charge is 2.09. The molecule has 7 heteroatoms. The van der Waals surface area contributed by atoms with Gasteiger partial charge in [0.1, 0.15) is 0 Å². The molecule has 2 amide bonds. The fraction of sp³-hybridized carbons (Fsp3) is 0.133. The Morgan fingerprint density at radius 1 is 1.05 bits per heavy atom. The van der Waals surface area contributed by atoms with Gasteiger partial charge in [0.05, 0.1) is 4.90 Å². The Morgan fingerprint density at radius 2 is 1.64 bits per heavy atom. The molecular weight excluding hydrogens is 304 g/mol. The van der Waals surface area contributed by atoms with Crippen molar-refractivity contribution >= 4 is 21.8 Å². The molecule has 116 valence electrons. The van der Waals surface area contributed by atoms with E-state index < -0.39 is 16.1 Å². The zero-order chi connectivity index (χ0) is 16.2. The van der Waals surface area contributed by atoms with Crippen LogP contribution < -0.4 is 10.6 Å². The summed E-state index contributed by atoms with van der Waals surface area (Å²) in [7, 11) is -4.23. The van der Waals surface area contributed by atoms with E-state index in [9.17, 15) is 13.2 Å². The monoisotopic (exact) mass is 320 g/mol. The Kier molecular flexibility index (Phi) is 4.79. The van der Waals surface area contributed by atoms with Crippen LogP contribution in [0.4, 0.5) is 10.5 Å². The van der Waals surface area contributed by atoms with Crippen LogP contribution in [0.25, 0.3) is 0 Å². The van der Waals surface area contributed by atoms with Crippen molar-refractivity contribution in [1.82, 2.24) is 5.32 Å². The van der Waals surface area contributed by atoms with E-state index >= 15 is 0 Å². The Bertz CT molecular complexity index is 753. The SMILES string of the molecule is Cc1ccc(CNC(=O)Nc2ccc(S(=O)(=O)O)cc2)cc1. The summed E-state index contributed by atoms with van der Waals surface area (Å²) in [5.74, 6) is 0. The van der Waals surface area contributed by atoms with E-state index in [1.807, 2.05) is 31.2 Å².